The van der Waals surface area contributed by atoms with Gasteiger partial charge in [-0.3, -0.25) is 0 Å². The Morgan fingerprint density at radius 2 is 1.55 bits per heavy atom. The van der Waals surface area contributed by atoms with Gasteiger partial charge < -0.3 is 0 Å². The van der Waals surface area contributed by atoms with Gasteiger partial charge in [-0.1, -0.05) is 76.1 Å². The first-order chi connectivity index (χ1) is 13.9. The van der Waals surface area contributed by atoms with E-state index in [0.717, 1.165) is 15.6 Å². The summed E-state index contributed by atoms with van der Waals surface area (Å²) in [5.74, 6) is 0. The molecule has 0 aliphatic rings. The second-order valence-corrected chi connectivity index (χ2v) is 9.17. The summed E-state index contributed by atoms with van der Waals surface area (Å²) in [6.45, 7) is 0. The zero-order valence-electron chi connectivity index (χ0n) is 15.0. The van der Waals surface area contributed by atoms with E-state index < -0.39 is 10.0 Å². The Kier molecular flexibility index (Phi) is 5.45. The molecule has 146 valence electrons. The summed E-state index contributed by atoms with van der Waals surface area (Å²) in [6, 6.07) is 24.7. The van der Waals surface area contributed by atoms with Crippen LogP contribution in [0, 0.1) is 0 Å². The van der Waals surface area contributed by atoms with Gasteiger partial charge in [-0.2, -0.15) is 23.1 Å². The highest BCUT2D eigenvalue weighted by Crippen LogP contribution is 2.31. The molecule has 0 spiro atoms. The van der Waals surface area contributed by atoms with E-state index in [4.69, 9.17) is 11.6 Å². The van der Waals surface area contributed by atoms with Gasteiger partial charge in [0.05, 0.1) is 16.3 Å². The molecule has 8 heteroatoms. The van der Waals surface area contributed by atoms with Crippen LogP contribution in [0.1, 0.15) is 0 Å². The van der Waals surface area contributed by atoms with E-state index in [1.165, 1.54) is 16.9 Å². The van der Waals surface area contributed by atoms with Crippen molar-refractivity contribution in [2.45, 2.75) is 4.90 Å². The minimum absolute atomic E-state index is 0.153. The van der Waals surface area contributed by atoms with Crippen molar-refractivity contribution in [3.05, 3.63) is 94.4 Å². The lowest BCUT2D eigenvalue weighted by Crippen LogP contribution is -2.25. The maximum absolute atomic E-state index is 12.8. The maximum Gasteiger partial charge on any atom is 0.276 e. The van der Waals surface area contributed by atoms with Crippen molar-refractivity contribution in [1.82, 2.24) is 9.89 Å². The highest BCUT2D eigenvalue weighted by molar-refractivity contribution is 9.10. The number of sulfonamides is 1. The Balaban J connectivity index is 1.83. The Morgan fingerprint density at radius 3 is 2.24 bits per heavy atom. The molecule has 0 aliphatic carbocycles. The van der Waals surface area contributed by atoms with Gasteiger partial charge in [0, 0.05) is 20.6 Å². The average molecular weight is 489 g/mol. The zero-order chi connectivity index (χ0) is 20.4. The summed E-state index contributed by atoms with van der Waals surface area (Å²) in [5.41, 5.74) is 2.83. The maximum atomic E-state index is 12.8. The third kappa shape index (κ3) is 4.22. The van der Waals surface area contributed by atoms with Gasteiger partial charge in [0.1, 0.15) is 0 Å². The third-order valence-electron chi connectivity index (χ3n) is 4.26. The van der Waals surface area contributed by atoms with Crippen molar-refractivity contribution in [2.75, 3.05) is 4.83 Å². The van der Waals surface area contributed by atoms with Crippen LogP contribution in [0.25, 0.3) is 22.5 Å². The predicted molar refractivity (Wildman–Crippen MR) is 119 cm³/mol. The molecule has 0 aliphatic heterocycles. The lowest BCUT2D eigenvalue weighted by Gasteiger charge is -2.11. The molecule has 29 heavy (non-hydrogen) atoms. The molecule has 0 amide bonds. The van der Waals surface area contributed by atoms with Crippen molar-refractivity contribution in [1.29, 1.82) is 0 Å². The fourth-order valence-electron chi connectivity index (χ4n) is 2.84. The van der Waals surface area contributed by atoms with Crippen molar-refractivity contribution >= 4 is 37.6 Å². The van der Waals surface area contributed by atoms with E-state index in [2.05, 4.69) is 25.9 Å². The second kappa shape index (κ2) is 8.02. The number of hydrogen-bond donors (Lipinski definition) is 1. The Morgan fingerprint density at radius 1 is 0.897 bits per heavy atom. The zero-order valence-corrected chi connectivity index (χ0v) is 18.1. The first-order valence-corrected chi connectivity index (χ1v) is 11.3. The number of hydrogen-bond acceptors (Lipinski definition) is 3. The van der Waals surface area contributed by atoms with Gasteiger partial charge in [-0.25, -0.2) is 0 Å². The van der Waals surface area contributed by atoms with Gasteiger partial charge in [-0.05, 0) is 36.4 Å². The standard InChI is InChI=1S/C21H15BrClN3O2S/c22-19-9-5-4-8-18(19)20-14-21(15-10-12-16(23)13-11-15)26(24-20)25-29(27,28)17-6-2-1-3-7-17/h1-14,25H. The molecule has 0 atom stereocenters. The second-order valence-electron chi connectivity index (χ2n) is 6.22. The molecule has 0 saturated heterocycles. The van der Waals surface area contributed by atoms with E-state index in [0.29, 0.717) is 16.4 Å². The minimum atomic E-state index is -3.82. The minimum Gasteiger partial charge on any atom is -0.200 e. The number of benzene rings is 3. The third-order valence-corrected chi connectivity index (χ3v) is 6.51. The molecule has 4 aromatic rings. The first kappa shape index (κ1) is 19.7. The largest absolute Gasteiger partial charge is 0.276 e. The molecular formula is C21H15BrClN3O2S. The first-order valence-electron chi connectivity index (χ1n) is 8.63. The van der Waals surface area contributed by atoms with Gasteiger partial charge in [0.15, 0.2) is 0 Å². The van der Waals surface area contributed by atoms with Crippen LogP contribution < -0.4 is 4.83 Å². The molecule has 5 nitrogen and oxygen atoms in total. The Labute approximate surface area is 182 Å². The smallest absolute Gasteiger partial charge is 0.200 e. The van der Waals surface area contributed by atoms with Crippen molar-refractivity contribution in [3.8, 4) is 22.5 Å². The number of nitrogens with zero attached hydrogens (tertiary/aromatic N) is 2. The fraction of sp³-hybridized carbons (Fsp3) is 0. The summed E-state index contributed by atoms with van der Waals surface area (Å²) >= 11 is 9.53. The highest BCUT2D eigenvalue weighted by atomic mass is 79.9. The molecular weight excluding hydrogens is 474 g/mol. The Hall–Kier alpha value is -2.61. The molecule has 0 bridgehead atoms. The molecule has 0 unspecified atom stereocenters. The van der Waals surface area contributed by atoms with Crippen LogP contribution in [-0.4, -0.2) is 18.3 Å². The molecule has 4 rings (SSSR count). The van der Waals surface area contributed by atoms with E-state index in [1.54, 1.807) is 30.3 Å². The SMILES string of the molecule is O=S(=O)(Nn1nc(-c2ccccc2Br)cc1-c1ccc(Cl)cc1)c1ccccc1. The summed E-state index contributed by atoms with van der Waals surface area (Å²) in [4.78, 5) is 3.99. The molecule has 1 heterocycles. The molecule has 1 N–H and O–H groups in total. The topological polar surface area (TPSA) is 64.0 Å². The number of aromatic nitrogens is 2. The van der Waals surface area contributed by atoms with Crippen LogP contribution in [0.15, 0.2) is 94.3 Å². The van der Waals surface area contributed by atoms with Gasteiger partial charge in [0.25, 0.3) is 10.0 Å². The molecule has 1 aromatic heterocycles. The van der Waals surface area contributed by atoms with Crippen LogP contribution in [0.3, 0.4) is 0 Å². The number of halogens is 2. The fourth-order valence-corrected chi connectivity index (χ4v) is 4.45. The van der Waals surface area contributed by atoms with E-state index >= 15 is 0 Å². The average Bonchev–Trinajstić information content (AvgIpc) is 3.12. The predicted octanol–water partition coefficient (Wildman–Crippen LogP) is 5.57. The quantitative estimate of drug-likeness (QED) is 0.400. The summed E-state index contributed by atoms with van der Waals surface area (Å²) in [7, 11) is -3.82. The number of nitrogens with one attached hydrogen (secondary N) is 1. The van der Waals surface area contributed by atoms with Gasteiger partial charge >= 0.3 is 0 Å². The van der Waals surface area contributed by atoms with Crippen molar-refractivity contribution in [3.63, 3.8) is 0 Å². The van der Waals surface area contributed by atoms with E-state index in [9.17, 15) is 8.42 Å². The highest BCUT2D eigenvalue weighted by Gasteiger charge is 2.19. The number of rotatable bonds is 5. The van der Waals surface area contributed by atoms with E-state index in [1.807, 2.05) is 42.5 Å². The molecule has 3 aromatic carbocycles. The van der Waals surface area contributed by atoms with Crippen LogP contribution >= 0.6 is 27.5 Å². The van der Waals surface area contributed by atoms with Gasteiger partial charge in [-0.15, -0.1) is 0 Å². The molecule has 0 saturated carbocycles. The van der Waals surface area contributed by atoms with E-state index in [-0.39, 0.29) is 4.90 Å². The van der Waals surface area contributed by atoms with Crippen LogP contribution in [0.2, 0.25) is 5.02 Å². The lowest BCUT2D eigenvalue weighted by molar-refractivity contribution is 0.592. The van der Waals surface area contributed by atoms with Crippen LogP contribution in [0.4, 0.5) is 0 Å². The summed E-state index contributed by atoms with van der Waals surface area (Å²) in [6.07, 6.45) is 0. The summed E-state index contributed by atoms with van der Waals surface area (Å²) < 4.78 is 26.6. The lowest BCUT2D eigenvalue weighted by atomic mass is 10.1. The molecule has 0 fully saturated rings. The normalized spacial score (nSPS) is 11.4. The Bertz CT molecular complexity index is 1260. The van der Waals surface area contributed by atoms with Gasteiger partial charge in [0.2, 0.25) is 0 Å². The van der Waals surface area contributed by atoms with Crippen LogP contribution in [-0.2, 0) is 10.0 Å². The van der Waals surface area contributed by atoms with Crippen LogP contribution in [0.5, 0.6) is 0 Å². The molecule has 0 radical (unpaired) electrons. The monoisotopic (exact) mass is 487 g/mol. The van der Waals surface area contributed by atoms with Crippen molar-refractivity contribution in [2.24, 2.45) is 0 Å². The van der Waals surface area contributed by atoms with Crippen molar-refractivity contribution < 1.29 is 8.42 Å². The summed E-state index contributed by atoms with van der Waals surface area (Å²) in [5, 5.41) is 5.11.